The molecule has 34 heavy (non-hydrogen) atoms. The van der Waals surface area contributed by atoms with Gasteiger partial charge in [0.2, 0.25) is 0 Å². The molecule has 0 N–H and O–H groups in total. The Kier molecular flexibility index (Phi) is 6.83. The maximum Gasteiger partial charge on any atom is 0.460 e. The highest BCUT2D eigenvalue weighted by molar-refractivity contribution is 14.1. The van der Waals surface area contributed by atoms with Crippen molar-refractivity contribution in [2.45, 2.75) is 35.8 Å². The summed E-state index contributed by atoms with van der Waals surface area (Å²) >= 11 is 0.735. The van der Waals surface area contributed by atoms with E-state index in [4.69, 9.17) is 0 Å². The summed E-state index contributed by atoms with van der Waals surface area (Å²) in [6, 6.07) is 4.83. The van der Waals surface area contributed by atoms with Gasteiger partial charge in [-0.3, -0.25) is 14.5 Å². The lowest BCUT2D eigenvalue weighted by molar-refractivity contribution is -0.436. The largest absolute Gasteiger partial charge is 0.460 e. The second-order valence-corrected chi connectivity index (χ2v) is 8.14. The molecule has 0 saturated carbocycles. The van der Waals surface area contributed by atoms with Gasteiger partial charge in [0.05, 0.1) is 17.7 Å². The molecule has 3 nitrogen and oxygen atoms in total. The first-order valence-electron chi connectivity index (χ1n) is 8.33. The van der Waals surface area contributed by atoms with Crippen molar-refractivity contribution >= 4 is 34.4 Å². The number of halogens is 14. The normalized spacial score (nSPS) is 16.9. The monoisotopic (exact) mass is 631 g/mol. The summed E-state index contributed by atoms with van der Waals surface area (Å²) in [7, 11) is 0. The first-order chi connectivity index (χ1) is 15.0. The maximum atomic E-state index is 13.9. The van der Waals surface area contributed by atoms with Crippen LogP contribution in [0.5, 0.6) is 0 Å². The van der Waals surface area contributed by atoms with Crippen LogP contribution in [0.2, 0.25) is 0 Å². The molecule has 2 amide bonds. The molecule has 1 aliphatic heterocycles. The fourth-order valence-electron chi connectivity index (χ4n) is 2.65. The van der Waals surface area contributed by atoms with Crippen LogP contribution in [-0.4, -0.2) is 59.0 Å². The van der Waals surface area contributed by atoms with Gasteiger partial charge in [0, 0.05) is 9.66 Å². The number of nitrogens with zero attached hydrogens (tertiary/aromatic N) is 1. The standard InChI is InChI=1S/C17H7F13INO2/c18-12(19,13(20,21)14(22,23)15(24,25)16(26,27)17(28,29)30)5-7(31)6-32-10(33)8-3-1-2-4-9(8)11(32)34/h1-5H,6H2. The molecule has 0 aromatic heterocycles. The van der Waals surface area contributed by atoms with Crippen molar-refractivity contribution in [2.24, 2.45) is 0 Å². The molecule has 0 radical (unpaired) electrons. The first kappa shape index (κ1) is 28.2. The summed E-state index contributed by atoms with van der Waals surface area (Å²) in [5.41, 5.74) is -0.483. The first-order valence-corrected chi connectivity index (χ1v) is 9.40. The molecule has 17 heteroatoms. The lowest BCUT2D eigenvalue weighted by atomic mass is 9.94. The van der Waals surface area contributed by atoms with Gasteiger partial charge < -0.3 is 0 Å². The number of carbonyl (C=O) groups excluding carboxylic acids is 2. The van der Waals surface area contributed by atoms with Crippen LogP contribution in [0.15, 0.2) is 33.9 Å². The van der Waals surface area contributed by atoms with Gasteiger partial charge in [0.15, 0.2) is 0 Å². The van der Waals surface area contributed by atoms with Gasteiger partial charge in [-0.2, -0.15) is 57.1 Å². The Hall–Kier alpha value is -2.08. The van der Waals surface area contributed by atoms with Gasteiger partial charge >= 0.3 is 35.8 Å². The van der Waals surface area contributed by atoms with Gasteiger partial charge in [0.25, 0.3) is 11.8 Å². The topological polar surface area (TPSA) is 37.4 Å². The number of imide groups is 1. The van der Waals surface area contributed by atoms with Crippen LogP contribution >= 0.6 is 22.6 Å². The lowest BCUT2D eigenvalue weighted by Crippen LogP contribution is -2.69. The molecule has 0 spiro atoms. The Morgan fingerprint density at radius 3 is 1.47 bits per heavy atom. The van der Waals surface area contributed by atoms with Crippen molar-refractivity contribution in [3.05, 3.63) is 45.0 Å². The van der Waals surface area contributed by atoms with Crippen LogP contribution in [0.1, 0.15) is 20.7 Å². The smallest absolute Gasteiger partial charge is 0.269 e. The van der Waals surface area contributed by atoms with Crippen molar-refractivity contribution < 1.29 is 66.7 Å². The number of rotatable bonds is 7. The van der Waals surface area contributed by atoms with Gasteiger partial charge in [-0.25, -0.2) is 0 Å². The molecule has 1 aromatic carbocycles. The SMILES string of the molecule is O=C1c2ccccc2C(=O)N1CC(I)=CC(F)(F)C(F)(F)C(F)(F)C(F)(F)C(F)(F)C(F)(F)F. The highest BCUT2D eigenvalue weighted by atomic mass is 127. The zero-order valence-corrected chi connectivity index (χ0v) is 17.8. The van der Waals surface area contributed by atoms with Gasteiger partial charge in [-0.05, 0) is 34.7 Å². The molecule has 0 aliphatic carbocycles. The van der Waals surface area contributed by atoms with Crippen LogP contribution in [-0.2, 0) is 0 Å². The van der Waals surface area contributed by atoms with Crippen LogP contribution in [0.3, 0.4) is 0 Å². The van der Waals surface area contributed by atoms with Crippen LogP contribution in [0.4, 0.5) is 57.1 Å². The minimum Gasteiger partial charge on any atom is -0.269 e. The Labute approximate surface area is 193 Å². The third kappa shape index (κ3) is 4.02. The van der Waals surface area contributed by atoms with Crippen LogP contribution < -0.4 is 0 Å². The number of allylic oxidation sites excluding steroid dienone is 1. The summed E-state index contributed by atoms with van der Waals surface area (Å²) in [6.45, 7) is -1.26. The molecule has 0 atom stereocenters. The van der Waals surface area contributed by atoms with Crippen LogP contribution in [0.25, 0.3) is 0 Å². The van der Waals surface area contributed by atoms with E-state index in [2.05, 4.69) is 0 Å². The number of fused-ring (bicyclic) bond motifs is 1. The third-order valence-corrected chi connectivity index (χ3v) is 5.14. The minimum absolute atomic E-state index is 0.196. The molecule has 1 aromatic rings. The summed E-state index contributed by atoms with van der Waals surface area (Å²) in [6.07, 6.45) is -8.64. The number of alkyl halides is 13. The summed E-state index contributed by atoms with van der Waals surface area (Å²) in [4.78, 5) is 24.5. The van der Waals surface area contributed by atoms with E-state index in [1.165, 1.54) is 12.1 Å². The van der Waals surface area contributed by atoms with E-state index in [9.17, 15) is 66.7 Å². The molecule has 0 fully saturated rings. The summed E-state index contributed by atoms with van der Waals surface area (Å²) in [5, 5.41) is 0. The van der Waals surface area contributed by atoms with Crippen LogP contribution in [0, 0.1) is 0 Å². The number of carbonyl (C=O) groups is 2. The number of benzene rings is 1. The molecule has 0 saturated heterocycles. The second kappa shape index (κ2) is 8.25. The van der Waals surface area contributed by atoms with E-state index in [0.29, 0.717) is 0 Å². The Morgan fingerprint density at radius 1 is 0.706 bits per heavy atom. The third-order valence-electron chi connectivity index (χ3n) is 4.48. The van der Waals surface area contributed by atoms with Gasteiger partial charge in [-0.15, -0.1) is 0 Å². The zero-order chi connectivity index (χ0) is 26.7. The van der Waals surface area contributed by atoms with Crippen molar-refractivity contribution in [3.63, 3.8) is 0 Å². The molecule has 1 heterocycles. The van der Waals surface area contributed by atoms with E-state index in [0.717, 1.165) is 34.7 Å². The summed E-state index contributed by atoms with van der Waals surface area (Å²) in [5.74, 6) is -39.9. The Morgan fingerprint density at radius 2 is 1.09 bits per heavy atom. The molecule has 190 valence electrons. The molecular formula is C17H7F13INO2. The fourth-order valence-corrected chi connectivity index (χ4v) is 3.38. The average Bonchev–Trinajstić information content (AvgIpc) is 2.91. The molecule has 1 aliphatic rings. The van der Waals surface area contributed by atoms with E-state index in [1.807, 2.05) is 0 Å². The Bertz CT molecular complexity index is 997. The van der Waals surface area contributed by atoms with Crippen molar-refractivity contribution in [3.8, 4) is 0 Å². The highest BCUT2D eigenvalue weighted by Gasteiger charge is 2.90. The Balaban J connectivity index is 2.40. The fraction of sp³-hybridized carbons (Fsp3) is 0.412. The van der Waals surface area contributed by atoms with Crippen molar-refractivity contribution in [1.82, 2.24) is 4.90 Å². The lowest BCUT2D eigenvalue weighted by Gasteiger charge is -2.39. The molecule has 0 bridgehead atoms. The predicted molar refractivity (Wildman–Crippen MR) is 94.7 cm³/mol. The van der Waals surface area contributed by atoms with Gasteiger partial charge in [-0.1, -0.05) is 12.1 Å². The highest BCUT2D eigenvalue weighted by Crippen LogP contribution is 2.60. The number of amides is 2. The summed E-state index contributed by atoms with van der Waals surface area (Å²) < 4.78 is 170. The zero-order valence-electron chi connectivity index (χ0n) is 15.6. The molecule has 2 rings (SSSR count). The average molecular weight is 631 g/mol. The van der Waals surface area contributed by atoms with E-state index in [1.54, 1.807) is 0 Å². The van der Waals surface area contributed by atoms with E-state index in [-0.39, 0.29) is 16.0 Å². The number of hydrogen-bond donors (Lipinski definition) is 0. The van der Waals surface area contributed by atoms with E-state index >= 15 is 0 Å². The van der Waals surface area contributed by atoms with Crippen molar-refractivity contribution in [1.29, 1.82) is 0 Å². The second-order valence-electron chi connectivity index (χ2n) is 6.75. The quantitative estimate of drug-likeness (QED) is 0.200. The predicted octanol–water partition coefficient (Wildman–Crippen LogP) is 6.34. The van der Waals surface area contributed by atoms with Gasteiger partial charge in [0.1, 0.15) is 0 Å². The van der Waals surface area contributed by atoms with Crippen molar-refractivity contribution in [2.75, 3.05) is 6.54 Å². The molecule has 0 unspecified atom stereocenters. The van der Waals surface area contributed by atoms with E-state index < -0.39 is 63.8 Å². The maximum absolute atomic E-state index is 13.9. The molecular weight excluding hydrogens is 624 g/mol. The number of hydrogen-bond acceptors (Lipinski definition) is 2. The minimum atomic E-state index is -8.01.